The van der Waals surface area contributed by atoms with Crippen LogP contribution >= 0.6 is 46.6 Å². The molecule has 0 aliphatic carbocycles. The van der Waals surface area contributed by atoms with Gasteiger partial charge in [-0.05, 0) is 23.1 Å². The lowest BCUT2D eigenvalue weighted by atomic mass is 10.1. The first-order chi connectivity index (χ1) is 12.5. The van der Waals surface area contributed by atoms with E-state index < -0.39 is 5.91 Å². The number of nitrogens with zero attached hydrogens (tertiary/aromatic N) is 1. The molecular formula is C18H13Cl3N2O2S. The van der Waals surface area contributed by atoms with Crippen LogP contribution in [-0.2, 0) is 9.59 Å². The van der Waals surface area contributed by atoms with Gasteiger partial charge >= 0.3 is 0 Å². The Morgan fingerprint density at radius 1 is 1.12 bits per heavy atom. The number of nitrogens with one attached hydrogen (secondary N) is 1. The van der Waals surface area contributed by atoms with Crippen molar-refractivity contribution in [3.8, 4) is 0 Å². The molecule has 26 heavy (non-hydrogen) atoms. The number of carbonyl (C=O) groups is 2. The maximum atomic E-state index is 12.5. The lowest BCUT2D eigenvalue weighted by Gasteiger charge is -2.28. The van der Waals surface area contributed by atoms with Gasteiger partial charge in [0.2, 0.25) is 11.8 Å². The van der Waals surface area contributed by atoms with Gasteiger partial charge in [-0.25, -0.2) is 0 Å². The van der Waals surface area contributed by atoms with Crippen LogP contribution in [0.2, 0.25) is 15.1 Å². The number of rotatable bonds is 4. The van der Waals surface area contributed by atoms with Gasteiger partial charge in [-0.2, -0.15) is 0 Å². The molecule has 0 saturated heterocycles. The number of hydrogen-bond acceptors (Lipinski definition) is 3. The first kappa shape index (κ1) is 19.1. The van der Waals surface area contributed by atoms with Crippen molar-refractivity contribution in [1.82, 2.24) is 4.90 Å². The molecule has 2 amide bonds. The number of benzene rings is 2. The highest BCUT2D eigenvalue weighted by molar-refractivity contribution is 8.03. The predicted molar refractivity (Wildman–Crippen MR) is 109 cm³/mol. The second-order valence-electron chi connectivity index (χ2n) is 5.45. The molecule has 1 aliphatic rings. The average Bonchev–Trinajstić information content (AvgIpc) is 2.60. The van der Waals surface area contributed by atoms with Crippen molar-refractivity contribution in [2.45, 2.75) is 0 Å². The van der Waals surface area contributed by atoms with Gasteiger partial charge in [0.25, 0.3) is 0 Å². The molecule has 0 fully saturated rings. The molecule has 8 heteroatoms. The molecule has 1 N–H and O–H groups in total. The second kappa shape index (κ2) is 8.35. The maximum Gasteiger partial charge on any atom is 0.244 e. The monoisotopic (exact) mass is 426 g/mol. The molecule has 2 aromatic rings. The van der Waals surface area contributed by atoms with Gasteiger partial charge in [0.1, 0.15) is 6.54 Å². The zero-order chi connectivity index (χ0) is 18.7. The molecule has 1 aliphatic heterocycles. The highest BCUT2D eigenvalue weighted by atomic mass is 35.5. The predicted octanol–water partition coefficient (Wildman–Crippen LogP) is 5.16. The minimum absolute atomic E-state index is 0.139. The summed E-state index contributed by atoms with van der Waals surface area (Å²) in [4.78, 5) is 26.3. The van der Waals surface area contributed by atoms with Crippen LogP contribution in [0.5, 0.6) is 0 Å². The summed E-state index contributed by atoms with van der Waals surface area (Å²) in [7, 11) is 0. The molecule has 1 heterocycles. The average molecular weight is 428 g/mol. The zero-order valence-corrected chi connectivity index (χ0v) is 16.4. The first-order valence-corrected chi connectivity index (χ1v) is 9.76. The highest BCUT2D eigenvalue weighted by Crippen LogP contribution is 2.34. The molecule has 0 unspecified atom stereocenters. The summed E-state index contributed by atoms with van der Waals surface area (Å²) in [6, 6.07) is 12.4. The molecule has 4 nitrogen and oxygen atoms in total. The van der Waals surface area contributed by atoms with Gasteiger partial charge in [0.05, 0.1) is 27.2 Å². The molecule has 0 radical (unpaired) electrons. The number of carbonyl (C=O) groups excluding carboxylic acids is 2. The van der Waals surface area contributed by atoms with E-state index in [4.69, 9.17) is 34.8 Å². The third-order valence-corrected chi connectivity index (χ3v) is 5.25. The SMILES string of the molecule is O=C(CN1C(=O)CSC=C1c1ccccc1)Nc1c(Cl)cc(Cl)cc1Cl. The summed E-state index contributed by atoms with van der Waals surface area (Å²) in [6.07, 6.45) is 0. The Balaban J connectivity index is 1.80. The fourth-order valence-electron chi connectivity index (χ4n) is 2.46. The fourth-order valence-corrected chi connectivity index (χ4v) is 4.17. The first-order valence-electron chi connectivity index (χ1n) is 7.57. The summed E-state index contributed by atoms with van der Waals surface area (Å²) in [6.45, 7) is -0.143. The lowest BCUT2D eigenvalue weighted by Crippen LogP contribution is -2.39. The van der Waals surface area contributed by atoms with Gasteiger partial charge in [-0.3, -0.25) is 9.59 Å². The number of thioether (sulfide) groups is 1. The molecule has 3 rings (SSSR count). The van der Waals surface area contributed by atoms with E-state index >= 15 is 0 Å². The second-order valence-corrected chi connectivity index (χ2v) is 7.56. The van der Waals surface area contributed by atoms with E-state index in [1.165, 1.54) is 28.8 Å². The Morgan fingerprint density at radius 2 is 1.77 bits per heavy atom. The maximum absolute atomic E-state index is 12.5. The van der Waals surface area contributed by atoms with Crippen LogP contribution < -0.4 is 5.32 Å². The van der Waals surface area contributed by atoms with Gasteiger partial charge in [-0.15, -0.1) is 11.8 Å². The topological polar surface area (TPSA) is 49.4 Å². The van der Waals surface area contributed by atoms with E-state index in [2.05, 4.69) is 5.32 Å². The number of amides is 2. The molecule has 2 aromatic carbocycles. The van der Waals surface area contributed by atoms with Crippen LogP contribution in [0.3, 0.4) is 0 Å². The van der Waals surface area contributed by atoms with Gasteiger partial charge in [-0.1, -0.05) is 65.1 Å². The Morgan fingerprint density at radius 3 is 2.42 bits per heavy atom. The van der Waals surface area contributed by atoms with Crippen LogP contribution in [0.15, 0.2) is 47.9 Å². The van der Waals surface area contributed by atoms with Crippen molar-refractivity contribution in [3.05, 3.63) is 68.5 Å². The Bertz CT molecular complexity index is 864. The zero-order valence-electron chi connectivity index (χ0n) is 13.3. The number of anilines is 1. The van der Waals surface area contributed by atoms with Crippen LogP contribution in [0, 0.1) is 0 Å². The van der Waals surface area contributed by atoms with E-state index in [0.717, 1.165) is 5.56 Å². The van der Waals surface area contributed by atoms with Crippen molar-refractivity contribution in [1.29, 1.82) is 0 Å². The van der Waals surface area contributed by atoms with Gasteiger partial charge < -0.3 is 10.2 Å². The van der Waals surface area contributed by atoms with Crippen LogP contribution in [0.25, 0.3) is 5.70 Å². The molecular weight excluding hydrogens is 415 g/mol. The number of hydrogen-bond donors (Lipinski definition) is 1. The summed E-state index contributed by atoms with van der Waals surface area (Å²) >= 11 is 19.5. The van der Waals surface area contributed by atoms with Crippen LogP contribution in [0.4, 0.5) is 5.69 Å². The smallest absolute Gasteiger partial charge is 0.244 e. The molecule has 0 bridgehead atoms. The standard InChI is InChI=1S/C18H13Cl3N2O2S/c19-12-6-13(20)18(14(21)7-12)22-16(24)8-23-15(9-26-10-17(23)25)11-4-2-1-3-5-11/h1-7,9H,8,10H2,(H,22,24). The normalized spacial score (nSPS) is 14.2. The summed E-state index contributed by atoms with van der Waals surface area (Å²) in [5.74, 6) is -0.260. The van der Waals surface area contributed by atoms with Crippen molar-refractivity contribution >= 4 is 69.8 Å². The van der Waals surface area contributed by atoms with Gasteiger partial charge in [0.15, 0.2) is 0 Å². The summed E-state index contributed by atoms with van der Waals surface area (Å²) < 4.78 is 0. The van der Waals surface area contributed by atoms with Gasteiger partial charge in [0, 0.05) is 5.02 Å². The Labute approximate surface area is 170 Å². The molecule has 0 saturated carbocycles. The van der Waals surface area contributed by atoms with E-state index in [9.17, 15) is 9.59 Å². The molecule has 0 aromatic heterocycles. The third-order valence-electron chi connectivity index (χ3n) is 3.64. The minimum atomic E-state index is -0.404. The Hall–Kier alpha value is -1.66. The molecule has 0 atom stereocenters. The Kier molecular flexibility index (Phi) is 6.14. The lowest BCUT2D eigenvalue weighted by molar-refractivity contribution is -0.129. The molecule has 134 valence electrons. The third kappa shape index (κ3) is 4.35. The summed E-state index contributed by atoms with van der Waals surface area (Å²) in [5, 5.41) is 5.37. The molecule has 0 spiro atoms. The highest BCUT2D eigenvalue weighted by Gasteiger charge is 2.26. The fraction of sp³-hybridized carbons (Fsp3) is 0.111. The quantitative estimate of drug-likeness (QED) is 0.733. The largest absolute Gasteiger partial charge is 0.322 e. The van der Waals surface area contributed by atoms with E-state index in [1.807, 2.05) is 35.7 Å². The van der Waals surface area contributed by atoms with Crippen molar-refractivity contribution in [2.75, 3.05) is 17.6 Å². The van der Waals surface area contributed by atoms with Crippen LogP contribution in [-0.4, -0.2) is 29.0 Å². The summed E-state index contributed by atoms with van der Waals surface area (Å²) in [5.41, 5.74) is 1.82. The van der Waals surface area contributed by atoms with Crippen molar-refractivity contribution in [3.63, 3.8) is 0 Å². The van der Waals surface area contributed by atoms with Crippen molar-refractivity contribution < 1.29 is 9.59 Å². The minimum Gasteiger partial charge on any atom is -0.322 e. The van der Waals surface area contributed by atoms with E-state index in [1.54, 1.807) is 0 Å². The van der Waals surface area contributed by atoms with Crippen LogP contribution in [0.1, 0.15) is 5.56 Å². The number of halogens is 3. The van der Waals surface area contributed by atoms with E-state index in [-0.39, 0.29) is 33.9 Å². The van der Waals surface area contributed by atoms with E-state index in [0.29, 0.717) is 10.7 Å². The van der Waals surface area contributed by atoms with Crippen molar-refractivity contribution in [2.24, 2.45) is 0 Å².